The molecule has 2 saturated heterocycles. The highest BCUT2D eigenvalue weighted by molar-refractivity contribution is 6.52. The minimum atomic E-state index is -1.03. The number of rotatable bonds is 5. The summed E-state index contributed by atoms with van der Waals surface area (Å²) in [6.45, 7) is 9.08. The Bertz CT molecular complexity index is 166. The van der Waals surface area contributed by atoms with Crippen molar-refractivity contribution in [2.24, 2.45) is 11.8 Å². The van der Waals surface area contributed by atoms with E-state index >= 15 is 0 Å². The maximum atomic E-state index is 5.85. The first kappa shape index (κ1) is 10.6. The fraction of sp³-hybridized carbons (Fsp3) is 1.00. The molecule has 1 atom stereocenters. The maximum absolute atomic E-state index is 5.85. The molecule has 14 heavy (non-hydrogen) atoms. The van der Waals surface area contributed by atoms with E-state index in [1.54, 1.807) is 0 Å². The fourth-order valence-electron chi connectivity index (χ4n) is 2.48. The molecule has 0 bridgehead atoms. The van der Waals surface area contributed by atoms with Crippen LogP contribution in [-0.2, 0) is 13.9 Å². The van der Waals surface area contributed by atoms with Crippen LogP contribution in [0.15, 0.2) is 0 Å². The van der Waals surface area contributed by atoms with Gasteiger partial charge in [0.05, 0.1) is 26.4 Å². The third-order valence-electron chi connectivity index (χ3n) is 3.39. The Morgan fingerprint density at radius 3 is 2.00 bits per heavy atom. The smallest absolute Gasteiger partial charge is 0.177 e. The second-order valence-corrected chi connectivity index (χ2v) is 6.85. The molecule has 4 heteroatoms. The van der Waals surface area contributed by atoms with E-state index < -0.39 is 9.04 Å². The zero-order chi connectivity index (χ0) is 9.97. The van der Waals surface area contributed by atoms with Crippen LogP contribution in [0.3, 0.4) is 0 Å². The van der Waals surface area contributed by atoms with Crippen LogP contribution >= 0.6 is 0 Å². The Hall–Kier alpha value is 0.0969. The molecule has 2 rings (SSSR count). The lowest BCUT2D eigenvalue weighted by Crippen LogP contribution is -2.47. The Labute approximate surface area is 87.5 Å². The van der Waals surface area contributed by atoms with Crippen molar-refractivity contribution in [3.63, 3.8) is 0 Å². The van der Waals surface area contributed by atoms with Crippen molar-refractivity contribution in [1.82, 2.24) is 0 Å². The van der Waals surface area contributed by atoms with Gasteiger partial charge in [-0.3, -0.25) is 0 Å². The van der Waals surface area contributed by atoms with Crippen molar-refractivity contribution < 1.29 is 13.9 Å². The van der Waals surface area contributed by atoms with E-state index in [0.29, 0.717) is 0 Å². The molecule has 0 spiro atoms. The maximum Gasteiger partial charge on any atom is 0.177 e. The van der Waals surface area contributed by atoms with Crippen LogP contribution < -0.4 is 0 Å². The quantitative estimate of drug-likeness (QED) is 0.643. The third kappa shape index (κ3) is 2.03. The highest BCUT2D eigenvalue weighted by atomic mass is 28.3. The Kier molecular flexibility index (Phi) is 3.60. The van der Waals surface area contributed by atoms with Crippen LogP contribution in [0.5, 0.6) is 0 Å². The van der Waals surface area contributed by atoms with Gasteiger partial charge in [0.2, 0.25) is 0 Å². The molecule has 82 valence electrons. The van der Waals surface area contributed by atoms with Crippen LogP contribution in [0.4, 0.5) is 0 Å². The summed E-state index contributed by atoms with van der Waals surface area (Å²) in [4.78, 5) is 0. The van der Waals surface area contributed by atoms with Gasteiger partial charge in [-0.05, 0) is 19.0 Å². The zero-order valence-corrected chi connectivity index (χ0v) is 10.2. The molecule has 0 N–H and O–H groups in total. The average molecular weight is 216 g/mol. The van der Waals surface area contributed by atoms with Gasteiger partial charge in [-0.25, -0.2) is 0 Å². The summed E-state index contributed by atoms with van der Waals surface area (Å²) in [6.07, 6.45) is 0. The minimum Gasteiger partial charge on any atom is -0.420 e. The molecule has 1 unspecified atom stereocenters. The first-order valence-electron chi connectivity index (χ1n) is 5.60. The Morgan fingerprint density at radius 2 is 1.71 bits per heavy atom. The van der Waals surface area contributed by atoms with Crippen molar-refractivity contribution in [1.29, 1.82) is 0 Å². The van der Waals surface area contributed by atoms with Gasteiger partial charge >= 0.3 is 0 Å². The first-order valence-corrected chi connectivity index (χ1v) is 7.89. The van der Waals surface area contributed by atoms with E-state index in [-0.39, 0.29) is 0 Å². The first-order chi connectivity index (χ1) is 6.83. The lowest BCUT2D eigenvalue weighted by Gasteiger charge is -2.44. The summed E-state index contributed by atoms with van der Waals surface area (Å²) in [5.41, 5.74) is 0.775. The summed E-state index contributed by atoms with van der Waals surface area (Å²) in [7, 11) is -1.03. The summed E-state index contributed by atoms with van der Waals surface area (Å²) in [5.74, 6) is 1.52. The summed E-state index contributed by atoms with van der Waals surface area (Å²) < 4.78 is 16.4. The van der Waals surface area contributed by atoms with E-state index in [0.717, 1.165) is 50.4 Å². The Morgan fingerprint density at radius 1 is 1.21 bits per heavy atom. The number of hydrogen-bond acceptors (Lipinski definition) is 3. The molecule has 0 saturated carbocycles. The van der Waals surface area contributed by atoms with Crippen LogP contribution in [-0.4, -0.2) is 42.1 Å². The van der Waals surface area contributed by atoms with Crippen molar-refractivity contribution >= 4 is 9.04 Å². The van der Waals surface area contributed by atoms with Gasteiger partial charge in [0.25, 0.3) is 0 Å². The molecule has 2 heterocycles. The molecular weight excluding hydrogens is 196 g/mol. The van der Waals surface area contributed by atoms with E-state index in [9.17, 15) is 0 Å². The van der Waals surface area contributed by atoms with Gasteiger partial charge in [0.15, 0.2) is 9.04 Å². The largest absolute Gasteiger partial charge is 0.420 e. The Balaban J connectivity index is 1.89. The normalized spacial score (nSPS) is 25.9. The van der Waals surface area contributed by atoms with Crippen LogP contribution in [0.1, 0.15) is 6.92 Å². The minimum absolute atomic E-state index is 0.761. The van der Waals surface area contributed by atoms with Crippen LogP contribution in [0.2, 0.25) is 12.1 Å². The molecular formula is C10H20O3Si. The lowest BCUT2D eigenvalue weighted by atomic mass is 9.91. The van der Waals surface area contributed by atoms with Crippen LogP contribution in [0.25, 0.3) is 0 Å². The molecule has 0 aromatic carbocycles. The van der Waals surface area contributed by atoms with E-state index in [2.05, 4.69) is 13.5 Å². The monoisotopic (exact) mass is 216 g/mol. The number of hydrogen-bond donors (Lipinski definition) is 0. The van der Waals surface area contributed by atoms with Gasteiger partial charge in [-0.15, -0.1) is 0 Å². The standard InChI is InChI=1S/C10H20O3Si/c1-3-13-14(2)10(8-4-11-5-8)9-6-12-7-9/h8-10,14H,3-7H2,1-2H3. The molecule has 0 aliphatic carbocycles. The summed E-state index contributed by atoms with van der Waals surface area (Å²) in [6, 6.07) is 0. The van der Waals surface area contributed by atoms with Crippen molar-refractivity contribution in [3.05, 3.63) is 0 Å². The second kappa shape index (κ2) is 4.75. The highest BCUT2D eigenvalue weighted by Gasteiger charge is 2.41. The molecule has 0 radical (unpaired) electrons. The topological polar surface area (TPSA) is 27.7 Å². The zero-order valence-electron chi connectivity index (χ0n) is 9.07. The van der Waals surface area contributed by atoms with Crippen molar-refractivity contribution in [2.75, 3.05) is 33.0 Å². The molecule has 2 aliphatic rings. The molecule has 0 aromatic heterocycles. The van der Waals surface area contributed by atoms with Gasteiger partial charge in [0.1, 0.15) is 0 Å². The highest BCUT2D eigenvalue weighted by Crippen LogP contribution is 2.39. The summed E-state index contributed by atoms with van der Waals surface area (Å²) in [5, 5.41) is 0. The van der Waals surface area contributed by atoms with Gasteiger partial charge in [-0.1, -0.05) is 0 Å². The predicted molar refractivity (Wildman–Crippen MR) is 57.0 cm³/mol. The predicted octanol–water partition coefficient (Wildman–Crippen LogP) is 1.04. The van der Waals surface area contributed by atoms with Crippen molar-refractivity contribution in [3.8, 4) is 0 Å². The van der Waals surface area contributed by atoms with Crippen molar-refractivity contribution in [2.45, 2.75) is 19.0 Å². The summed E-state index contributed by atoms with van der Waals surface area (Å²) >= 11 is 0. The molecule has 2 fully saturated rings. The van der Waals surface area contributed by atoms with Gasteiger partial charge in [-0.2, -0.15) is 0 Å². The molecule has 0 amide bonds. The van der Waals surface area contributed by atoms with Gasteiger partial charge < -0.3 is 13.9 Å². The number of ether oxygens (including phenoxy) is 2. The lowest BCUT2D eigenvalue weighted by molar-refractivity contribution is -0.0921. The fourth-order valence-corrected chi connectivity index (χ4v) is 5.20. The molecule has 2 aliphatic heterocycles. The molecule has 0 aromatic rings. The molecule has 3 nitrogen and oxygen atoms in total. The van der Waals surface area contributed by atoms with Crippen LogP contribution in [0, 0.1) is 11.8 Å². The van der Waals surface area contributed by atoms with E-state index in [4.69, 9.17) is 13.9 Å². The third-order valence-corrected chi connectivity index (χ3v) is 6.42. The van der Waals surface area contributed by atoms with E-state index in [1.807, 2.05) is 0 Å². The van der Waals surface area contributed by atoms with Gasteiger partial charge in [0, 0.05) is 18.4 Å². The van der Waals surface area contributed by atoms with E-state index in [1.165, 1.54) is 0 Å². The average Bonchev–Trinajstić information content (AvgIpc) is 1.97. The SMILES string of the molecule is CCO[SiH](C)C(C1COC1)C1COC1. The second-order valence-electron chi connectivity index (χ2n) is 4.33.